The van der Waals surface area contributed by atoms with Crippen molar-refractivity contribution in [2.45, 2.75) is 13.0 Å². The lowest BCUT2D eigenvalue weighted by Crippen LogP contribution is -2.37. The molecular weight excluding hydrogens is 310 g/mol. The molecule has 1 N–H and O–H groups in total. The van der Waals surface area contributed by atoms with E-state index in [0.717, 1.165) is 13.1 Å². The van der Waals surface area contributed by atoms with Gasteiger partial charge in [-0.05, 0) is 40.9 Å². The summed E-state index contributed by atoms with van der Waals surface area (Å²) in [5.41, 5.74) is 1.20. The molecule has 8 heteroatoms. The van der Waals surface area contributed by atoms with Crippen molar-refractivity contribution in [2.24, 2.45) is 0 Å². The van der Waals surface area contributed by atoms with Crippen LogP contribution in [-0.4, -0.2) is 41.3 Å². The zero-order chi connectivity index (χ0) is 14.7. The summed E-state index contributed by atoms with van der Waals surface area (Å²) < 4.78 is 5.33. The van der Waals surface area contributed by atoms with Gasteiger partial charge in [0.25, 0.3) is 0 Å². The maximum absolute atomic E-state index is 6.02. The van der Waals surface area contributed by atoms with Crippen molar-refractivity contribution in [3.63, 3.8) is 0 Å². The molecular formula is C13H16ClN5OS. The summed E-state index contributed by atoms with van der Waals surface area (Å²) in [4.78, 5) is 14.9. The molecule has 1 fully saturated rings. The molecule has 0 spiro atoms. The smallest absolute Gasteiger partial charge is 0.231 e. The second kappa shape index (κ2) is 6.55. The molecule has 2 aromatic rings. The normalized spacial score (nSPS) is 16.8. The van der Waals surface area contributed by atoms with Crippen LogP contribution in [0.2, 0.25) is 5.28 Å². The van der Waals surface area contributed by atoms with Gasteiger partial charge in [0, 0.05) is 13.1 Å². The highest BCUT2D eigenvalue weighted by Gasteiger charge is 2.17. The number of anilines is 2. The molecule has 3 rings (SSSR count). The number of thiophene rings is 1. The molecule has 0 saturated carbocycles. The van der Waals surface area contributed by atoms with E-state index in [2.05, 4.69) is 43.5 Å². The Kier molecular flexibility index (Phi) is 4.52. The second-order valence-electron chi connectivity index (χ2n) is 4.75. The number of hydrogen-bond donors (Lipinski definition) is 1. The first-order chi connectivity index (χ1) is 10.2. The fourth-order valence-corrected chi connectivity index (χ4v) is 3.02. The minimum absolute atomic E-state index is 0.118. The van der Waals surface area contributed by atoms with Crippen LogP contribution in [0, 0.1) is 0 Å². The van der Waals surface area contributed by atoms with E-state index in [4.69, 9.17) is 16.3 Å². The molecule has 1 unspecified atom stereocenters. The number of nitrogens with one attached hydrogen (secondary N) is 1. The first-order valence-corrected chi connectivity index (χ1v) is 8.07. The summed E-state index contributed by atoms with van der Waals surface area (Å²) in [6.07, 6.45) is 0. The highest BCUT2D eigenvalue weighted by atomic mass is 35.5. The summed E-state index contributed by atoms with van der Waals surface area (Å²) in [5, 5.41) is 7.62. The largest absolute Gasteiger partial charge is 0.378 e. The first-order valence-electron chi connectivity index (χ1n) is 6.75. The Hall–Kier alpha value is -1.44. The molecule has 0 aliphatic carbocycles. The van der Waals surface area contributed by atoms with Crippen LogP contribution in [0.1, 0.15) is 18.5 Å². The number of nitrogens with zero attached hydrogens (tertiary/aromatic N) is 4. The molecule has 21 heavy (non-hydrogen) atoms. The van der Waals surface area contributed by atoms with Gasteiger partial charge in [0.05, 0.1) is 19.3 Å². The maximum atomic E-state index is 6.02. The van der Waals surface area contributed by atoms with Crippen molar-refractivity contribution in [3.8, 4) is 0 Å². The maximum Gasteiger partial charge on any atom is 0.231 e. The van der Waals surface area contributed by atoms with Crippen molar-refractivity contribution < 1.29 is 4.74 Å². The Bertz CT molecular complexity index is 588. The molecule has 0 aromatic carbocycles. The van der Waals surface area contributed by atoms with Crippen LogP contribution in [0.3, 0.4) is 0 Å². The highest BCUT2D eigenvalue weighted by Crippen LogP contribution is 2.21. The quantitative estimate of drug-likeness (QED) is 0.932. The summed E-state index contributed by atoms with van der Waals surface area (Å²) in [5.74, 6) is 1.09. The van der Waals surface area contributed by atoms with Crippen molar-refractivity contribution in [1.29, 1.82) is 0 Å². The Morgan fingerprint density at radius 1 is 1.33 bits per heavy atom. The van der Waals surface area contributed by atoms with Crippen LogP contribution in [0.5, 0.6) is 0 Å². The Labute approximate surface area is 132 Å². The molecule has 0 radical (unpaired) electrons. The summed E-state index contributed by atoms with van der Waals surface area (Å²) >= 11 is 7.69. The number of halogens is 1. The van der Waals surface area contributed by atoms with Crippen LogP contribution in [0.4, 0.5) is 11.9 Å². The lowest BCUT2D eigenvalue weighted by molar-refractivity contribution is 0.122. The summed E-state index contributed by atoms with van der Waals surface area (Å²) in [7, 11) is 0. The molecule has 0 bridgehead atoms. The topological polar surface area (TPSA) is 63.2 Å². The molecule has 3 heterocycles. The van der Waals surface area contributed by atoms with Crippen LogP contribution in [0.15, 0.2) is 16.8 Å². The predicted molar refractivity (Wildman–Crippen MR) is 84.2 cm³/mol. The molecule has 1 aliphatic heterocycles. The van der Waals surface area contributed by atoms with E-state index >= 15 is 0 Å². The lowest BCUT2D eigenvalue weighted by atomic mass is 10.2. The lowest BCUT2D eigenvalue weighted by Gasteiger charge is -2.27. The van der Waals surface area contributed by atoms with Gasteiger partial charge >= 0.3 is 0 Å². The molecule has 6 nitrogen and oxygen atoms in total. The second-order valence-corrected chi connectivity index (χ2v) is 5.87. The number of morpholine rings is 1. The van der Waals surface area contributed by atoms with Crippen LogP contribution in [0.25, 0.3) is 0 Å². The van der Waals surface area contributed by atoms with Crippen LogP contribution < -0.4 is 10.2 Å². The zero-order valence-corrected chi connectivity index (χ0v) is 13.2. The van der Waals surface area contributed by atoms with E-state index in [9.17, 15) is 0 Å². The van der Waals surface area contributed by atoms with Gasteiger partial charge in [-0.25, -0.2) is 0 Å². The third-order valence-electron chi connectivity index (χ3n) is 3.28. The molecule has 1 saturated heterocycles. The third-order valence-corrected chi connectivity index (χ3v) is 4.15. The average molecular weight is 326 g/mol. The highest BCUT2D eigenvalue weighted by molar-refractivity contribution is 7.07. The zero-order valence-electron chi connectivity index (χ0n) is 11.6. The van der Waals surface area contributed by atoms with E-state index in [1.54, 1.807) is 11.3 Å². The van der Waals surface area contributed by atoms with Gasteiger partial charge < -0.3 is 15.0 Å². The van der Waals surface area contributed by atoms with E-state index in [-0.39, 0.29) is 11.3 Å². The fraction of sp³-hybridized carbons (Fsp3) is 0.462. The standard InChI is InChI=1S/C13H16ClN5OS/c1-9(10-2-7-21-8-10)15-12-16-11(14)17-13(18-12)19-3-5-20-6-4-19/h2,7-9H,3-6H2,1H3,(H,15,16,17,18). The average Bonchev–Trinajstić information content (AvgIpc) is 3.02. The van der Waals surface area contributed by atoms with Gasteiger partial charge in [-0.1, -0.05) is 0 Å². The minimum Gasteiger partial charge on any atom is -0.378 e. The summed E-state index contributed by atoms with van der Waals surface area (Å²) in [6.45, 7) is 4.95. The third kappa shape index (κ3) is 3.61. The Morgan fingerprint density at radius 2 is 2.14 bits per heavy atom. The van der Waals surface area contributed by atoms with Gasteiger partial charge in [0.2, 0.25) is 17.2 Å². The number of hydrogen-bond acceptors (Lipinski definition) is 7. The number of ether oxygens (including phenoxy) is 1. The van der Waals surface area contributed by atoms with Crippen molar-refractivity contribution >= 4 is 34.8 Å². The van der Waals surface area contributed by atoms with E-state index in [0.29, 0.717) is 25.1 Å². The monoisotopic (exact) mass is 325 g/mol. The molecule has 1 atom stereocenters. The van der Waals surface area contributed by atoms with Crippen LogP contribution in [-0.2, 0) is 4.74 Å². The van der Waals surface area contributed by atoms with Crippen LogP contribution >= 0.6 is 22.9 Å². The summed E-state index contributed by atoms with van der Waals surface area (Å²) in [6, 6.07) is 2.20. The SMILES string of the molecule is CC(Nc1nc(Cl)nc(N2CCOCC2)n1)c1ccsc1. The molecule has 2 aromatic heterocycles. The van der Waals surface area contributed by atoms with E-state index < -0.39 is 0 Å². The van der Waals surface area contributed by atoms with Gasteiger partial charge in [-0.15, -0.1) is 0 Å². The van der Waals surface area contributed by atoms with Gasteiger partial charge in [-0.2, -0.15) is 26.3 Å². The Balaban J connectivity index is 1.77. The predicted octanol–water partition coefficient (Wildman–Crippen LogP) is 2.60. The molecule has 0 amide bonds. The molecule has 1 aliphatic rings. The van der Waals surface area contributed by atoms with Crippen molar-refractivity contribution in [1.82, 2.24) is 15.0 Å². The van der Waals surface area contributed by atoms with E-state index in [1.807, 2.05) is 5.38 Å². The van der Waals surface area contributed by atoms with Gasteiger partial charge in [0.1, 0.15) is 0 Å². The Morgan fingerprint density at radius 3 is 2.86 bits per heavy atom. The van der Waals surface area contributed by atoms with Gasteiger partial charge in [-0.3, -0.25) is 0 Å². The minimum atomic E-state index is 0.118. The van der Waals surface area contributed by atoms with E-state index in [1.165, 1.54) is 5.56 Å². The van der Waals surface area contributed by atoms with Crippen molar-refractivity contribution in [2.75, 3.05) is 36.5 Å². The number of aromatic nitrogens is 3. The van der Waals surface area contributed by atoms with Crippen molar-refractivity contribution in [3.05, 3.63) is 27.7 Å². The van der Waals surface area contributed by atoms with Gasteiger partial charge in [0.15, 0.2) is 0 Å². The fourth-order valence-electron chi connectivity index (χ4n) is 2.11. The first kappa shape index (κ1) is 14.5. The molecule has 112 valence electrons. The number of rotatable bonds is 4.